The first kappa shape index (κ1) is 17.9. The van der Waals surface area contributed by atoms with Crippen LogP contribution in [0.3, 0.4) is 0 Å². The van der Waals surface area contributed by atoms with Gasteiger partial charge in [0.1, 0.15) is 18.2 Å². The summed E-state index contributed by atoms with van der Waals surface area (Å²) >= 11 is 0. The van der Waals surface area contributed by atoms with E-state index in [9.17, 15) is 9.59 Å². The molecule has 112 valence electrons. The summed E-state index contributed by atoms with van der Waals surface area (Å²) in [5.74, 6) is -0.767. The van der Waals surface area contributed by atoms with Gasteiger partial charge < -0.3 is 14.8 Å². The lowest BCUT2D eigenvalue weighted by Gasteiger charge is -2.26. The molecule has 0 saturated heterocycles. The standard InChI is InChI=1S/C14H27NO4/c1-9(2)12(13(17)19-14(5,6)7)15-11(16)8-18-10(3)4/h9-10,12H,8H2,1-7H3,(H,15,16)/t12-/m1/s1. The summed E-state index contributed by atoms with van der Waals surface area (Å²) in [5, 5.41) is 2.66. The molecule has 5 nitrogen and oxygen atoms in total. The van der Waals surface area contributed by atoms with Gasteiger partial charge in [-0.2, -0.15) is 0 Å². The molecule has 1 amide bonds. The highest BCUT2D eigenvalue weighted by atomic mass is 16.6. The van der Waals surface area contributed by atoms with Crippen LogP contribution in [0, 0.1) is 5.92 Å². The molecule has 0 spiro atoms. The Labute approximate surface area is 116 Å². The number of hydrogen-bond acceptors (Lipinski definition) is 4. The maximum Gasteiger partial charge on any atom is 0.329 e. The number of amides is 1. The van der Waals surface area contributed by atoms with Gasteiger partial charge in [-0.05, 0) is 40.5 Å². The fraction of sp³-hybridized carbons (Fsp3) is 0.857. The molecule has 0 radical (unpaired) electrons. The van der Waals surface area contributed by atoms with Crippen LogP contribution in [0.15, 0.2) is 0 Å². The van der Waals surface area contributed by atoms with E-state index in [1.54, 1.807) is 20.8 Å². The van der Waals surface area contributed by atoms with E-state index >= 15 is 0 Å². The third-order valence-corrected chi connectivity index (χ3v) is 2.19. The predicted molar refractivity (Wildman–Crippen MR) is 73.7 cm³/mol. The molecule has 5 heteroatoms. The Kier molecular flexibility index (Phi) is 7.05. The maximum atomic E-state index is 12.0. The number of carbonyl (C=O) groups excluding carboxylic acids is 2. The molecule has 1 atom stereocenters. The molecule has 1 N–H and O–H groups in total. The Morgan fingerprint density at radius 2 is 1.63 bits per heavy atom. The Morgan fingerprint density at radius 1 is 1.11 bits per heavy atom. The Bertz CT molecular complexity index is 305. The summed E-state index contributed by atoms with van der Waals surface area (Å²) in [6.45, 7) is 12.8. The van der Waals surface area contributed by atoms with Crippen LogP contribution in [0.2, 0.25) is 0 Å². The van der Waals surface area contributed by atoms with Crippen molar-refractivity contribution >= 4 is 11.9 Å². The zero-order chi connectivity index (χ0) is 15.2. The van der Waals surface area contributed by atoms with Crippen molar-refractivity contribution in [2.45, 2.75) is 66.2 Å². The molecule has 0 aromatic heterocycles. The van der Waals surface area contributed by atoms with Crippen molar-refractivity contribution in [1.82, 2.24) is 5.32 Å². The average Bonchev–Trinajstić information content (AvgIpc) is 2.19. The molecule has 0 saturated carbocycles. The lowest BCUT2D eigenvalue weighted by molar-refractivity contribution is -0.160. The van der Waals surface area contributed by atoms with Gasteiger partial charge in [0.25, 0.3) is 0 Å². The average molecular weight is 273 g/mol. The van der Waals surface area contributed by atoms with Gasteiger partial charge in [0.15, 0.2) is 0 Å². The predicted octanol–water partition coefficient (Wildman–Crippen LogP) is 1.89. The monoisotopic (exact) mass is 273 g/mol. The third-order valence-electron chi connectivity index (χ3n) is 2.19. The number of nitrogens with one attached hydrogen (secondary N) is 1. The van der Waals surface area contributed by atoms with Gasteiger partial charge in [-0.3, -0.25) is 4.79 Å². The van der Waals surface area contributed by atoms with Gasteiger partial charge in [-0.15, -0.1) is 0 Å². The summed E-state index contributed by atoms with van der Waals surface area (Å²) in [6, 6.07) is -0.650. The fourth-order valence-corrected chi connectivity index (χ4v) is 1.32. The van der Waals surface area contributed by atoms with E-state index in [2.05, 4.69) is 5.32 Å². The molecule has 0 rings (SSSR count). The van der Waals surface area contributed by atoms with E-state index in [0.29, 0.717) is 0 Å². The smallest absolute Gasteiger partial charge is 0.329 e. The van der Waals surface area contributed by atoms with Crippen molar-refractivity contribution in [3.63, 3.8) is 0 Å². The minimum absolute atomic E-state index is 0.0234. The lowest BCUT2D eigenvalue weighted by Crippen LogP contribution is -2.48. The Morgan fingerprint density at radius 3 is 2.00 bits per heavy atom. The molecule has 0 aliphatic carbocycles. The van der Waals surface area contributed by atoms with Crippen LogP contribution in [-0.4, -0.2) is 36.2 Å². The first-order valence-electron chi connectivity index (χ1n) is 6.66. The summed E-state index contributed by atoms with van der Waals surface area (Å²) < 4.78 is 10.5. The van der Waals surface area contributed by atoms with Gasteiger partial charge >= 0.3 is 5.97 Å². The molecule has 0 bridgehead atoms. The molecular formula is C14H27NO4. The van der Waals surface area contributed by atoms with E-state index < -0.39 is 17.6 Å². The summed E-state index contributed by atoms with van der Waals surface area (Å²) in [6.07, 6.45) is -0.0234. The largest absolute Gasteiger partial charge is 0.458 e. The molecule has 19 heavy (non-hydrogen) atoms. The number of rotatable bonds is 6. The second-order valence-corrected chi connectivity index (χ2v) is 6.18. The minimum atomic E-state index is -0.650. The highest BCUT2D eigenvalue weighted by molar-refractivity contribution is 5.85. The molecule has 0 aromatic carbocycles. The van der Waals surface area contributed by atoms with Crippen LogP contribution < -0.4 is 5.32 Å². The van der Waals surface area contributed by atoms with Crippen LogP contribution >= 0.6 is 0 Å². The molecule has 0 fully saturated rings. The number of carbonyl (C=O) groups is 2. The van der Waals surface area contributed by atoms with Crippen LogP contribution in [0.1, 0.15) is 48.5 Å². The number of ether oxygens (including phenoxy) is 2. The maximum absolute atomic E-state index is 12.0. The first-order chi connectivity index (χ1) is 8.53. The molecule has 0 aliphatic rings. The van der Waals surface area contributed by atoms with Crippen molar-refractivity contribution < 1.29 is 19.1 Å². The van der Waals surface area contributed by atoms with E-state index in [1.807, 2.05) is 27.7 Å². The molecule has 0 unspecified atom stereocenters. The number of hydrogen-bond donors (Lipinski definition) is 1. The zero-order valence-corrected chi connectivity index (χ0v) is 13.1. The van der Waals surface area contributed by atoms with Gasteiger partial charge in [0, 0.05) is 0 Å². The molecule has 0 heterocycles. The van der Waals surface area contributed by atoms with Crippen molar-refractivity contribution in [3.8, 4) is 0 Å². The van der Waals surface area contributed by atoms with Crippen molar-refractivity contribution in [2.75, 3.05) is 6.61 Å². The van der Waals surface area contributed by atoms with Gasteiger partial charge in [-0.25, -0.2) is 4.79 Å². The van der Waals surface area contributed by atoms with Gasteiger partial charge in [-0.1, -0.05) is 13.8 Å². The van der Waals surface area contributed by atoms with Gasteiger partial charge in [0.05, 0.1) is 6.10 Å². The zero-order valence-electron chi connectivity index (χ0n) is 13.1. The topological polar surface area (TPSA) is 64.6 Å². The first-order valence-corrected chi connectivity index (χ1v) is 6.66. The van der Waals surface area contributed by atoms with Crippen molar-refractivity contribution in [1.29, 1.82) is 0 Å². The van der Waals surface area contributed by atoms with E-state index in [4.69, 9.17) is 9.47 Å². The normalized spacial score (nSPS) is 13.5. The van der Waals surface area contributed by atoms with Crippen molar-refractivity contribution in [3.05, 3.63) is 0 Å². The third kappa shape index (κ3) is 8.59. The molecule has 0 aliphatic heterocycles. The number of esters is 1. The lowest BCUT2D eigenvalue weighted by atomic mass is 10.0. The summed E-state index contributed by atoms with van der Waals surface area (Å²) in [5.41, 5.74) is -0.566. The second kappa shape index (κ2) is 7.48. The highest BCUT2D eigenvalue weighted by Crippen LogP contribution is 2.12. The quantitative estimate of drug-likeness (QED) is 0.751. The van der Waals surface area contributed by atoms with Crippen molar-refractivity contribution in [2.24, 2.45) is 5.92 Å². The van der Waals surface area contributed by atoms with Crippen LogP contribution in [0.4, 0.5) is 0 Å². The van der Waals surface area contributed by atoms with Crippen LogP contribution in [-0.2, 0) is 19.1 Å². The van der Waals surface area contributed by atoms with Crippen LogP contribution in [0.5, 0.6) is 0 Å². The van der Waals surface area contributed by atoms with E-state index in [0.717, 1.165) is 0 Å². The van der Waals surface area contributed by atoms with E-state index in [1.165, 1.54) is 0 Å². The Balaban J connectivity index is 4.49. The summed E-state index contributed by atoms with van der Waals surface area (Å²) in [4.78, 5) is 23.7. The van der Waals surface area contributed by atoms with Crippen LogP contribution in [0.25, 0.3) is 0 Å². The fourth-order valence-electron chi connectivity index (χ4n) is 1.32. The minimum Gasteiger partial charge on any atom is -0.458 e. The Hall–Kier alpha value is -1.10. The molecular weight excluding hydrogens is 246 g/mol. The SMILES string of the molecule is CC(C)OCC(=O)N[C@@H](C(=O)OC(C)(C)C)C(C)C. The van der Waals surface area contributed by atoms with Gasteiger partial charge in [0.2, 0.25) is 5.91 Å². The summed E-state index contributed by atoms with van der Waals surface area (Å²) in [7, 11) is 0. The highest BCUT2D eigenvalue weighted by Gasteiger charge is 2.29. The molecule has 0 aromatic rings. The van der Waals surface area contributed by atoms with E-state index in [-0.39, 0.29) is 24.5 Å². The second-order valence-electron chi connectivity index (χ2n) is 6.18.